The van der Waals surface area contributed by atoms with Crippen molar-refractivity contribution in [3.05, 3.63) is 58.9 Å². The molecule has 23 heavy (non-hydrogen) atoms. The molecule has 0 radical (unpaired) electrons. The zero-order valence-electron chi connectivity index (χ0n) is 12.3. The van der Waals surface area contributed by atoms with Crippen molar-refractivity contribution in [2.75, 3.05) is 19.0 Å². The summed E-state index contributed by atoms with van der Waals surface area (Å²) in [6.45, 7) is -0.291. The molecular formula is C16H14ClFN2O3. The molecular weight excluding hydrogens is 323 g/mol. The standard InChI is InChI=1S/C16H14ClFN2O3/c1-22-15-5-3-2-4-11(15)9-19-23-10-16(21)20-12-6-7-14(18)13(17)8-12/h2-9H,10H2,1H3,(H,20,21)/b19-9-. The number of methoxy groups -OCH3 is 1. The van der Waals surface area contributed by atoms with Gasteiger partial charge < -0.3 is 14.9 Å². The molecule has 0 saturated heterocycles. The molecule has 7 heteroatoms. The molecule has 120 valence electrons. The van der Waals surface area contributed by atoms with Crippen molar-refractivity contribution in [3.8, 4) is 5.75 Å². The molecule has 0 spiro atoms. The Bertz CT molecular complexity index is 722. The molecule has 1 amide bonds. The highest BCUT2D eigenvalue weighted by molar-refractivity contribution is 6.31. The summed E-state index contributed by atoms with van der Waals surface area (Å²) < 4.78 is 18.2. The number of nitrogens with one attached hydrogen (secondary N) is 1. The molecule has 0 heterocycles. The summed E-state index contributed by atoms with van der Waals surface area (Å²) in [5.41, 5.74) is 1.10. The first-order valence-electron chi connectivity index (χ1n) is 6.63. The van der Waals surface area contributed by atoms with Gasteiger partial charge in [-0.3, -0.25) is 4.79 Å². The normalized spacial score (nSPS) is 10.6. The minimum atomic E-state index is -0.553. The van der Waals surface area contributed by atoms with Crippen molar-refractivity contribution >= 4 is 29.4 Å². The summed E-state index contributed by atoms with van der Waals surface area (Å²) >= 11 is 5.63. The van der Waals surface area contributed by atoms with E-state index in [0.29, 0.717) is 11.4 Å². The third kappa shape index (κ3) is 4.96. The van der Waals surface area contributed by atoms with E-state index < -0.39 is 11.7 Å². The van der Waals surface area contributed by atoms with Gasteiger partial charge >= 0.3 is 0 Å². The van der Waals surface area contributed by atoms with Crippen molar-refractivity contribution in [2.24, 2.45) is 5.16 Å². The molecule has 2 aromatic rings. The van der Waals surface area contributed by atoms with Crippen LogP contribution in [0.15, 0.2) is 47.6 Å². The first-order valence-corrected chi connectivity index (χ1v) is 7.01. The molecule has 0 aliphatic heterocycles. The first kappa shape index (κ1) is 16.8. The summed E-state index contributed by atoms with van der Waals surface area (Å²) in [5.74, 6) is -0.350. The zero-order valence-corrected chi connectivity index (χ0v) is 13.0. The predicted octanol–water partition coefficient (Wildman–Crippen LogP) is 3.48. The number of ether oxygens (including phenoxy) is 1. The monoisotopic (exact) mass is 336 g/mol. The third-order valence-corrected chi connectivity index (χ3v) is 3.09. The second-order valence-corrected chi connectivity index (χ2v) is 4.83. The Morgan fingerprint density at radius 2 is 2.13 bits per heavy atom. The molecule has 0 fully saturated rings. The number of rotatable bonds is 6. The van der Waals surface area contributed by atoms with E-state index in [4.69, 9.17) is 21.2 Å². The van der Waals surface area contributed by atoms with E-state index in [1.165, 1.54) is 24.4 Å². The average Bonchev–Trinajstić information content (AvgIpc) is 2.55. The van der Waals surface area contributed by atoms with Crippen molar-refractivity contribution in [3.63, 3.8) is 0 Å². The number of benzene rings is 2. The van der Waals surface area contributed by atoms with Crippen LogP contribution < -0.4 is 10.1 Å². The van der Waals surface area contributed by atoms with Crippen LogP contribution in [0, 0.1) is 5.82 Å². The fourth-order valence-corrected chi connectivity index (χ4v) is 1.91. The zero-order chi connectivity index (χ0) is 16.7. The SMILES string of the molecule is COc1ccccc1/C=N\OCC(=O)Nc1ccc(F)c(Cl)c1. The van der Waals surface area contributed by atoms with E-state index >= 15 is 0 Å². The maximum Gasteiger partial charge on any atom is 0.265 e. The van der Waals surface area contributed by atoms with E-state index in [-0.39, 0.29) is 11.6 Å². The van der Waals surface area contributed by atoms with Crippen LogP contribution in [0.5, 0.6) is 5.75 Å². The quantitative estimate of drug-likeness (QED) is 0.649. The Morgan fingerprint density at radius 1 is 1.35 bits per heavy atom. The van der Waals surface area contributed by atoms with Crippen LogP contribution in [0.2, 0.25) is 5.02 Å². The van der Waals surface area contributed by atoms with Crippen LogP contribution in [0.3, 0.4) is 0 Å². The van der Waals surface area contributed by atoms with Gasteiger partial charge in [-0.2, -0.15) is 0 Å². The Labute approximate surface area is 137 Å². The Kier molecular flexibility index (Phi) is 5.94. The first-order chi connectivity index (χ1) is 11.1. The summed E-state index contributed by atoms with van der Waals surface area (Å²) in [5, 5.41) is 6.16. The van der Waals surface area contributed by atoms with Gasteiger partial charge in [-0.15, -0.1) is 0 Å². The van der Waals surface area contributed by atoms with Crippen molar-refractivity contribution < 1.29 is 18.8 Å². The molecule has 0 saturated carbocycles. The van der Waals surface area contributed by atoms with Crippen LogP contribution in [-0.4, -0.2) is 25.8 Å². The number of carbonyl (C=O) groups excluding carboxylic acids is 1. The van der Waals surface area contributed by atoms with Gasteiger partial charge in [-0.1, -0.05) is 28.9 Å². The lowest BCUT2D eigenvalue weighted by atomic mass is 10.2. The lowest BCUT2D eigenvalue weighted by Gasteiger charge is -2.05. The summed E-state index contributed by atoms with van der Waals surface area (Å²) in [4.78, 5) is 16.6. The Hall–Kier alpha value is -2.60. The number of anilines is 1. The van der Waals surface area contributed by atoms with Crippen LogP contribution >= 0.6 is 11.6 Å². The highest BCUT2D eigenvalue weighted by atomic mass is 35.5. The number of halogens is 2. The van der Waals surface area contributed by atoms with E-state index in [0.717, 1.165) is 5.56 Å². The third-order valence-electron chi connectivity index (χ3n) is 2.80. The predicted molar refractivity (Wildman–Crippen MR) is 86.6 cm³/mol. The van der Waals surface area contributed by atoms with Crippen LogP contribution in [0.25, 0.3) is 0 Å². The highest BCUT2D eigenvalue weighted by Crippen LogP contribution is 2.19. The van der Waals surface area contributed by atoms with E-state index in [2.05, 4.69) is 10.5 Å². The molecule has 5 nitrogen and oxygen atoms in total. The molecule has 2 rings (SSSR count). The number of hydrogen-bond acceptors (Lipinski definition) is 4. The maximum absolute atomic E-state index is 13.0. The Balaban J connectivity index is 1.84. The van der Waals surface area contributed by atoms with Crippen LogP contribution in [-0.2, 0) is 9.63 Å². The van der Waals surface area contributed by atoms with E-state index in [1.807, 2.05) is 12.1 Å². The smallest absolute Gasteiger partial charge is 0.265 e. The molecule has 0 unspecified atom stereocenters. The fourth-order valence-electron chi connectivity index (χ4n) is 1.73. The van der Waals surface area contributed by atoms with Crippen LogP contribution in [0.4, 0.5) is 10.1 Å². The minimum absolute atomic E-state index is 0.0714. The van der Waals surface area contributed by atoms with Crippen LogP contribution in [0.1, 0.15) is 5.56 Å². The fraction of sp³-hybridized carbons (Fsp3) is 0.125. The Morgan fingerprint density at radius 3 is 2.87 bits per heavy atom. The molecule has 0 aromatic heterocycles. The number of oxime groups is 1. The number of hydrogen-bond donors (Lipinski definition) is 1. The molecule has 2 aromatic carbocycles. The number of amides is 1. The van der Waals surface area contributed by atoms with Gasteiger partial charge in [-0.25, -0.2) is 4.39 Å². The number of nitrogens with zero attached hydrogens (tertiary/aromatic N) is 1. The van der Waals surface area contributed by atoms with Gasteiger partial charge in [0.15, 0.2) is 6.61 Å². The summed E-state index contributed by atoms with van der Waals surface area (Å²) in [6.07, 6.45) is 1.45. The van der Waals surface area contributed by atoms with Crippen molar-refractivity contribution in [2.45, 2.75) is 0 Å². The van der Waals surface area contributed by atoms with Crippen molar-refractivity contribution in [1.29, 1.82) is 0 Å². The van der Waals surface area contributed by atoms with Gasteiger partial charge in [0.1, 0.15) is 11.6 Å². The summed E-state index contributed by atoms with van der Waals surface area (Å²) in [6, 6.07) is 11.1. The van der Waals surface area contributed by atoms with E-state index in [9.17, 15) is 9.18 Å². The lowest BCUT2D eigenvalue weighted by molar-refractivity contribution is -0.120. The molecule has 0 aliphatic rings. The number of carbonyl (C=O) groups is 1. The van der Waals surface area contributed by atoms with Gasteiger partial charge in [0, 0.05) is 11.3 Å². The largest absolute Gasteiger partial charge is 0.496 e. The average molecular weight is 337 g/mol. The second-order valence-electron chi connectivity index (χ2n) is 4.43. The van der Waals surface area contributed by atoms with Gasteiger partial charge in [0.05, 0.1) is 18.3 Å². The molecule has 0 aliphatic carbocycles. The van der Waals surface area contributed by atoms with Crippen molar-refractivity contribution in [1.82, 2.24) is 0 Å². The minimum Gasteiger partial charge on any atom is -0.496 e. The van der Waals surface area contributed by atoms with Gasteiger partial charge in [0.2, 0.25) is 0 Å². The highest BCUT2D eigenvalue weighted by Gasteiger charge is 2.05. The van der Waals surface area contributed by atoms with Gasteiger partial charge in [-0.05, 0) is 30.3 Å². The maximum atomic E-state index is 13.0. The molecule has 1 N–H and O–H groups in total. The van der Waals surface area contributed by atoms with Gasteiger partial charge in [0.25, 0.3) is 5.91 Å². The molecule has 0 bridgehead atoms. The molecule has 0 atom stereocenters. The number of para-hydroxylation sites is 1. The van der Waals surface area contributed by atoms with E-state index in [1.54, 1.807) is 19.2 Å². The topological polar surface area (TPSA) is 59.9 Å². The summed E-state index contributed by atoms with van der Waals surface area (Å²) in [7, 11) is 1.55. The second kappa shape index (κ2) is 8.14. The lowest BCUT2D eigenvalue weighted by Crippen LogP contribution is -2.17.